The summed E-state index contributed by atoms with van der Waals surface area (Å²) in [6, 6.07) is 0. The minimum absolute atomic E-state index is 0.148. The van der Waals surface area contributed by atoms with Crippen molar-refractivity contribution in [2.75, 3.05) is 7.11 Å². The second kappa shape index (κ2) is 4.90. The second-order valence-electron chi connectivity index (χ2n) is 4.81. The predicted octanol–water partition coefficient (Wildman–Crippen LogP) is 2.58. The van der Waals surface area contributed by atoms with Crippen molar-refractivity contribution in [2.45, 2.75) is 38.2 Å². The molecule has 2 rings (SSSR count). The molecule has 1 fully saturated rings. The first-order chi connectivity index (χ1) is 8.07. The molecule has 0 saturated heterocycles. The van der Waals surface area contributed by atoms with Gasteiger partial charge in [-0.1, -0.05) is 13.3 Å². The Labute approximate surface area is 109 Å². The van der Waals surface area contributed by atoms with Crippen LogP contribution in [0.2, 0.25) is 0 Å². The summed E-state index contributed by atoms with van der Waals surface area (Å²) in [5, 5.41) is 0. The fourth-order valence-corrected chi connectivity index (χ4v) is 2.81. The Kier molecular flexibility index (Phi) is 3.68. The van der Waals surface area contributed by atoms with E-state index < -0.39 is 5.60 Å². The standard InChI is InChI=1S/C12H17BrN2O2/c1-8-4-3-5-12(6-8,17-2)11-14-7-9(13)10(16)15-11/h7-8H,3-6H2,1-2H3,(H,14,15,16). The molecule has 1 aromatic rings. The molecule has 0 bridgehead atoms. The van der Waals surface area contributed by atoms with E-state index in [0.717, 1.165) is 19.3 Å². The molecule has 0 aliphatic heterocycles. The minimum Gasteiger partial charge on any atom is -0.370 e. The van der Waals surface area contributed by atoms with E-state index >= 15 is 0 Å². The third-order valence-electron chi connectivity index (χ3n) is 3.53. The van der Waals surface area contributed by atoms with Crippen molar-refractivity contribution in [3.63, 3.8) is 0 Å². The fraction of sp³-hybridized carbons (Fsp3) is 0.667. The van der Waals surface area contributed by atoms with Gasteiger partial charge in [0.05, 0.1) is 0 Å². The molecule has 1 aliphatic rings. The van der Waals surface area contributed by atoms with Crippen LogP contribution in [0.25, 0.3) is 0 Å². The van der Waals surface area contributed by atoms with Gasteiger partial charge >= 0.3 is 0 Å². The normalized spacial score (nSPS) is 29.2. The first kappa shape index (κ1) is 12.8. The van der Waals surface area contributed by atoms with Crippen LogP contribution in [0.5, 0.6) is 0 Å². The van der Waals surface area contributed by atoms with E-state index in [2.05, 4.69) is 32.8 Å². The summed E-state index contributed by atoms with van der Waals surface area (Å²) in [4.78, 5) is 18.8. The van der Waals surface area contributed by atoms with Crippen LogP contribution in [0.1, 0.15) is 38.4 Å². The van der Waals surface area contributed by atoms with Crippen molar-refractivity contribution in [1.29, 1.82) is 0 Å². The molecule has 2 unspecified atom stereocenters. The van der Waals surface area contributed by atoms with Gasteiger partial charge in [0.2, 0.25) is 0 Å². The largest absolute Gasteiger partial charge is 0.370 e. The Morgan fingerprint density at radius 2 is 2.41 bits per heavy atom. The number of nitrogens with one attached hydrogen (secondary N) is 1. The van der Waals surface area contributed by atoms with Crippen molar-refractivity contribution in [3.8, 4) is 0 Å². The zero-order valence-electron chi connectivity index (χ0n) is 10.1. The van der Waals surface area contributed by atoms with Crippen LogP contribution in [0.15, 0.2) is 15.5 Å². The molecule has 0 spiro atoms. The zero-order valence-corrected chi connectivity index (χ0v) is 11.7. The van der Waals surface area contributed by atoms with Crippen LogP contribution in [0.3, 0.4) is 0 Å². The topological polar surface area (TPSA) is 55.0 Å². The Morgan fingerprint density at radius 3 is 3.00 bits per heavy atom. The van der Waals surface area contributed by atoms with Crippen LogP contribution in [-0.2, 0) is 10.3 Å². The third-order valence-corrected chi connectivity index (χ3v) is 4.10. The lowest BCUT2D eigenvalue weighted by molar-refractivity contribution is -0.0648. The molecule has 5 heteroatoms. The average molecular weight is 301 g/mol. The SMILES string of the molecule is COC1(c2ncc(Br)c(=O)[nH]2)CCCC(C)C1. The highest BCUT2D eigenvalue weighted by molar-refractivity contribution is 9.10. The molecular formula is C12H17BrN2O2. The Bertz CT molecular complexity index is 460. The van der Waals surface area contributed by atoms with Gasteiger partial charge < -0.3 is 9.72 Å². The second-order valence-corrected chi connectivity index (χ2v) is 5.66. The van der Waals surface area contributed by atoms with Crippen LogP contribution >= 0.6 is 15.9 Å². The molecule has 17 heavy (non-hydrogen) atoms. The van der Waals surface area contributed by atoms with Gasteiger partial charge in [-0.3, -0.25) is 4.79 Å². The maximum absolute atomic E-state index is 11.6. The quantitative estimate of drug-likeness (QED) is 0.913. The number of hydrogen-bond donors (Lipinski definition) is 1. The molecule has 2 atom stereocenters. The van der Waals surface area contributed by atoms with Crippen molar-refractivity contribution in [2.24, 2.45) is 5.92 Å². The van der Waals surface area contributed by atoms with Crippen molar-refractivity contribution in [3.05, 3.63) is 26.8 Å². The summed E-state index contributed by atoms with van der Waals surface area (Å²) in [6.45, 7) is 2.21. The molecule has 4 nitrogen and oxygen atoms in total. The molecule has 1 aromatic heterocycles. The van der Waals surface area contributed by atoms with E-state index in [-0.39, 0.29) is 5.56 Å². The highest BCUT2D eigenvalue weighted by Crippen LogP contribution is 2.40. The Hall–Kier alpha value is -0.680. The summed E-state index contributed by atoms with van der Waals surface area (Å²) in [7, 11) is 1.69. The van der Waals surface area contributed by atoms with E-state index in [9.17, 15) is 4.79 Å². The lowest BCUT2D eigenvalue weighted by atomic mass is 9.78. The number of H-pyrrole nitrogens is 1. The summed E-state index contributed by atoms with van der Waals surface area (Å²) in [5.41, 5.74) is -0.568. The van der Waals surface area contributed by atoms with Gasteiger partial charge in [0.15, 0.2) is 0 Å². The molecule has 0 radical (unpaired) electrons. The third kappa shape index (κ3) is 2.45. The first-order valence-electron chi connectivity index (χ1n) is 5.88. The number of aromatic amines is 1. The van der Waals surface area contributed by atoms with E-state index in [1.54, 1.807) is 13.3 Å². The summed E-state index contributed by atoms with van der Waals surface area (Å²) in [5.74, 6) is 1.25. The Balaban J connectivity index is 2.40. The number of ether oxygens (including phenoxy) is 1. The van der Waals surface area contributed by atoms with Crippen LogP contribution in [0, 0.1) is 5.92 Å². The fourth-order valence-electron chi connectivity index (χ4n) is 2.61. The van der Waals surface area contributed by atoms with E-state index in [1.165, 1.54) is 6.42 Å². The van der Waals surface area contributed by atoms with Gasteiger partial charge in [-0.25, -0.2) is 4.98 Å². The van der Waals surface area contributed by atoms with Gasteiger partial charge in [-0.2, -0.15) is 0 Å². The number of nitrogens with zero attached hydrogens (tertiary/aromatic N) is 1. The molecule has 1 N–H and O–H groups in total. The first-order valence-corrected chi connectivity index (χ1v) is 6.67. The summed E-state index contributed by atoms with van der Waals surface area (Å²) >= 11 is 3.16. The Morgan fingerprint density at radius 1 is 1.65 bits per heavy atom. The number of halogens is 1. The maximum Gasteiger partial charge on any atom is 0.265 e. The van der Waals surface area contributed by atoms with Gasteiger partial charge in [0.25, 0.3) is 5.56 Å². The number of rotatable bonds is 2. The van der Waals surface area contributed by atoms with Crippen LogP contribution in [0.4, 0.5) is 0 Å². The van der Waals surface area contributed by atoms with Crippen molar-refractivity contribution >= 4 is 15.9 Å². The lowest BCUT2D eigenvalue weighted by Gasteiger charge is -2.37. The molecule has 94 valence electrons. The molecule has 0 amide bonds. The van der Waals surface area contributed by atoms with Crippen LogP contribution in [-0.4, -0.2) is 17.1 Å². The average Bonchev–Trinajstić information content (AvgIpc) is 2.32. The van der Waals surface area contributed by atoms with E-state index in [1.807, 2.05) is 0 Å². The smallest absolute Gasteiger partial charge is 0.265 e. The predicted molar refractivity (Wildman–Crippen MR) is 68.9 cm³/mol. The summed E-state index contributed by atoms with van der Waals surface area (Å²) in [6.07, 6.45) is 5.70. The van der Waals surface area contributed by atoms with Gasteiger partial charge in [-0.05, 0) is 41.1 Å². The van der Waals surface area contributed by atoms with Crippen LogP contribution < -0.4 is 5.56 Å². The molecule has 0 aromatic carbocycles. The maximum atomic E-state index is 11.6. The molecular weight excluding hydrogens is 284 g/mol. The van der Waals surface area contributed by atoms with Gasteiger partial charge in [0, 0.05) is 13.3 Å². The summed E-state index contributed by atoms with van der Waals surface area (Å²) < 4.78 is 6.14. The monoisotopic (exact) mass is 300 g/mol. The molecule has 1 aliphatic carbocycles. The minimum atomic E-state index is -0.419. The molecule has 1 heterocycles. The van der Waals surface area contributed by atoms with Crippen molar-refractivity contribution in [1.82, 2.24) is 9.97 Å². The highest BCUT2D eigenvalue weighted by atomic mass is 79.9. The number of hydrogen-bond acceptors (Lipinski definition) is 3. The van der Waals surface area contributed by atoms with Gasteiger partial charge in [-0.15, -0.1) is 0 Å². The zero-order chi connectivity index (χ0) is 12.5. The number of aromatic nitrogens is 2. The highest BCUT2D eigenvalue weighted by Gasteiger charge is 2.38. The van der Waals surface area contributed by atoms with E-state index in [4.69, 9.17) is 4.74 Å². The van der Waals surface area contributed by atoms with Gasteiger partial charge in [0.1, 0.15) is 15.9 Å². The molecule has 1 saturated carbocycles. The lowest BCUT2D eigenvalue weighted by Crippen LogP contribution is -2.37. The number of methoxy groups -OCH3 is 1. The van der Waals surface area contributed by atoms with E-state index in [0.29, 0.717) is 16.2 Å². The van der Waals surface area contributed by atoms with Crippen molar-refractivity contribution < 1.29 is 4.74 Å².